The minimum Gasteiger partial charge on any atom is -0.496 e. The maximum absolute atomic E-state index is 5.60. The van der Waals surface area contributed by atoms with Crippen LogP contribution in [0.25, 0.3) is 0 Å². The SMILES string of the molecule is COc1ccc(Br)cc1CC(NN)c1cscn1. The molecule has 1 atom stereocenters. The zero-order valence-electron chi connectivity index (χ0n) is 9.89. The minimum absolute atomic E-state index is 0.0144. The summed E-state index contributed by atoms with van der Waals surface area (Å²) in [6.07, 6.45) is 0.725. The summed E-state index contributed by atoms with van der Waals surface area (Å²) in [6.45, 7) is 0. The summed E-state index contributed by atoms with van der Waals surface area (Å²) in [4.78, 5) is 4.28. The first-order valence-electron chi connectivity index (χ1n) is 5.41. The number of nitrogens with two attached hydrogens (primary N) is 1. The number of benzene rings is 1. The van der Waals surface area contributed by atoms with E-state index in [0.29, 0.717) is 0 Å². The van der Waals surface area contributed by atoms with Gasteiger partial charge in [0.25, 0.3) is 0 Å². The normalized spacial score (nSPS) is 12.4. The lowest BCUT2D eigenvalue weighted by molar-refractivity contribution is 0.405. The molecule has 0 aliphatic carbocycles. The first-order chi connectivity index (χ1) is 8.74. The molecule has 4 nitrogen and oxygen atoms in total. The number of halogens is 1. The summed E-state index contributed by atoms with van der Waals surface area (Å²) in [5.41, 5.74) is 6.63. The predicted octanol–water partition coefficient (Wildman–Crippen LogP) is 2.66. The molecule has 0 saturated heterocycles. The van der Waals surface area contributed by atoms with Crippen LogP contribution in [0.4, 0.5) is 0 Å². The number of nitrogens with one attached hydrogen (secondary N) is 1. The van der Waals surface area contributed by atoms with E-state index < -0.39 is 0 Å². The van der Waals surface area contributed by atoms with Crippen molar-refractivity contribution in [3.05, 3.63) is 44.8 Å². The summed E-state index contributed by atoms with van der Waals surface area (Å²) in [5.74, 6) is 6.46. The highest BCUT2D eigenvalue weighted by atomic mass is 79.9. The number of ether oxygens (including phenoxy) is 1. The molecular formula is C12H14BrN3OS. The fourth-order valence-electron chi connectivity index (χ4n) is 1.77. The lowest BCUT2D eigenvalue weighted by Crippen LogP contribution is -2.29. The highest BCUT2D eigenvalue weighted by Crippen LogP contribution is 2.27. The summed E-state index contributed by atoms with van der Waals surface area (Å²) < 4.78 is 6.38. The van der Waals surface area contributed by atoms with E-state index in [1.165, 1.54) is 0 Å². The van der Waals surface area contributed by atoms with Crippen LogP contribution in [0.3, 0.4) is 0 Å². The van der Waals surface area contributed by atoms with E-state index in [4.69, 9.17) is 10.6 Å². The molecule has 96 valence electrons. The van der Waals surface area contributed by atoms with Gasteiger partial charge in [-0.15, -0.1) is 11.3 Å². The van der Waals surface area contributed by atoms with Crippen LogP contribution >= 0.6 is 27.3 Å². The van der Waals surface area contributed by atoms with Gasteiger partial charge in [-0.05, 0) is 30.2 Å². The lowest BCUT2D eigenvalue weighted by atomic mass is 10.0. The average Bonchev–Trinajstić information content (AvgIpc) is 2.90. The number of hydrogen-bond donors (Lipinski definition) is 2. The van der Waals surface area contributed by atoms with E-state index in [1.54, 1.807) is 24.0 Å². The van der Waals surface area contributed by atoms with Crippen LogP contribution in [0.1, 0.15) is 17.3 Å². The molecule has 1 aromatic heterocycles. The van der Waals surface area contributed by atoms with E-state index in [2.05, 4.69) is 26.3 Å². The zero-order chi connectivity index (χ0) is 13.0. The molecule has 0 radical (unpaired) electrons. The van der Waals surface area contributed by atoms with Crippen LogP contribution in [0.2, 0.25) is 0 Å². The monoisotopic (exact) mass is 327 g/mol. The smallest absolute Gasteiger partial charge is 0.122 e. The first-order valence-corrected chi connectivity index (χ1v) is 7.14. The van der Waals surface area contributed by atoms with Gasteiger partial charge in [0.05, 0.1) is 24.4 Å². The van der Waals surface area contributed by atoms with Crippen molar-refractivity contribution >= 4 is 27.3 Å². The largest absolute Gasteiger partial charge is 0.496 e. The number of thiazole rings is 1. The standard InChI is InChI=1S/C12H14BrN3OS/c1-17-12-3-2-9(13)4-8(12)5-10(16-14)11-6-18-7-15-11/h2-4,6-7,10,16H,5,14H2,1H3. The molecule has 3 N–H and O–H groups in total. The van der Waals surface area contributed by atoms with Crippen LogP contribution in [-0.2, 0) is 6.42 Å². The quantitative estimate of drug-likeness (QED) is 0.654. The van der Waals surface area contributed by atoms with E-state index in [0.717, 1.165) is 27.9 Å². The Morgan fingerprint density at radius 1 is 1.56 bits per heavy atom. The Labute approximate surface area is 118 Å². The number of hydrazine groups is 1. The Morgan fingerprint density at radius 3 is 3.00 bits per heavy atom. The first kappa shape index (κ1) is 13.5. The Hall–Kier alpha value is -0.950. The van der Waals surface area contributed by atoms with Crippen LogP contribution in [-0.4, -0.2) is 12.1 Å². The number of rotatable bonds is 5. The number of methoxy groups -OCH3 is 1. The molecule has 0 spiro atoms. The van der Waals surface area contributed by atoms with E-state index in [9.17, 15) is 0 Å². The lowest BCUT2D eigenvalue weighted by Gasteiger charge is -2.16. The number of aromatic nitrogens is 1. The maximum Gasteiger partial charge on any atom is 0.122 e. The van der Waals surface area contributed by atoms with Crippen LogP contribution < -0.4 is 16.0 Å². The Morgan fingerprint density at radius 2 is 2.39 bits per heavy atom. The van der Waals surface area contributed by atoms with Crippen molar-refractivity contribution in [1.82, 2.24) is 10.4 Å². The molecule has 0 fully saturated rings. The number of hydrogen-bond acceptors (Lipinski definition) is 5. The van der Waals surface area contributed by atoms with Crippen LogP contribution in [0.5, 0.6) is 5.75 Å². The van der Waals surface area contributed by atoms with Gasteiger partial charge < -0.3 is 4.74 Å². The van der Waals surface area contributed by atoms with Gasteiger partial charge in [-0.3, -0.25) is 11.3 Å². The van der Waals surface area contributed by atoms with Crippen molar-refractivity contribution < 1.29 is 4.74 Å². The Kier molecular flexibility index (Phi) is 4.71. The van der Waals surface area contributed by atoms with Crippen LogP contribution in [0, 0.1) is 0 Å². The van der Waals surface area contributed by atoms with Crippen molar-refractivity contribution in [2.45, 2.75) is 12.5 Å². The van der Waals surface area contributed by atoms with Crippen molar-refractivity contribution in [3.63, 3.8) is 0 Å². The average molecular weight is 328 g/mol. The highest BCUT2D eigenvalue weighted by molar-refractivity contribution is 9.10. The van der Waals surface area contributed by atoms with Gasteiger partial charge >= 0.3 is 0 Å². The zero-order valence-corrected chi connectivity index (χ0v) is 12.3. The van der Waals surface area contributed by atoms with Crippen molar-refractivity contribution in [3.8, 4) is 5.75 Å². The second-order valence-electron chi connectivity index (χ2n) is 3.79. The number of nitrogens with zero attached hydrogens (tertiary/aromatic N) is 1. The molecule has 0 aliphatic rings. The molecule has 6 heteroatoms. The van der Waals surface area contributed by atoms with Gasteiger partial charge in [0, 0.05) is 9.85 Å². The maximum atomic E-state index is 5.60. The Bertz CT molecular complexity index is 504. The molecule has 1 unspecified atom stereocenters. The van der Waals surface area contributed by atoms with E-state index in [-0.39, 0.29) is 6.04 Å². The van der Waals surface area contributed by atoms with Gasteiger partial charge in [0.2, 0.25) is 0 Å². The van der Waals surface area contributed by atoms with Gasteiger partial charge in [0.15, 0.2) is 0 Å². The summed E-state index contributed by atoms with van der Waals surface area (Å²) in [6, 6.07) is 5.92. The second-order valence-corrected chi connectivity index (χ2v) is 5.43. The predicted molar refractivity (Wildman–Crippen MR) is 76.6 cm³/mol. The highest BCUT2D eigenvalue weighted by Gasteiger charge is 2.15. The summed E-state index contributed by atoms with van der Waals surface area (Å²) in [7, 11) is 1.67. The molecule has 2 aromatic rings. The third kappa shape index (κ3) is 3.08. The molecule has 1 aromatic carbocycles. The molecular weight excluding hydrogens is 314 g/mol. The second kappa shape index (κ2) is 6.29. The topological polar surface area (TPSA) is 60.2 Å². The van der Waals surface area contributed by atoms with Crippen molar-refractivity contribution in [1.29, 1.82) is 0 Å². The third-order valence-corrected chi connectivity index (χ3v) is 3.77. The molecule has 0 bridgehead atoms. The Balaban J connectivity index is 2.24. The van der Waals surface area contributed by atoms with Crippen molar-refractivity contribution in [2.75, 3.05) is 7.11 Å². The summed E-state index contributed by atoms with van der Waals surface area (Å²) in [5, 5.41) is 2.00. The molecule has 1 heterocycles. The fourth-order valence-corrected chi connectivity index (χ4v) is 2.79. The molecule has 2 rings (SSSR count). The summed E-state index contributed by atoms with van der Waals surface area (Å²) >= 11 is 5.03. The molecule has 0 aliphatic heterocycles. The third-order valence-electron chi connectivity index (χ3n) is 2.68. The van der Waals surface area contributed by atoms with Crippen LogP contribution in [0.15, 0.2) is 33.6 Å². The van der Waals surface area contributed by atoms with Gasteiger partial charge in [-0.2, -0.15) is 0 Å². The van der Waals surface area contributed by atoms with E-state index in [1.807, 2.05) is 23.6 Å². The van der Waals surface area contributed by atoms with Crippen molar-refractivity contribution in [2.24, 2.45) is 5.84 Å². The van der Waals surface area contributed by atoms with Gasteiger partial charge in [-0.1, -0.05) is 15.9 Å². The molecule has 0 saturated carbocycles. The van der Waals surface area contributed by atoms with Gasteiger partial charge in [-0.25, -0.2) is 4.98 Å². The van der Waals surface area contributed by atoms with E-state index >= 15 is 0 Å². The molecule has 0 amide bonds. The molecule has 18 heavy (non-hydrogen) atoms. The van der Waals surface area contributed by atoms with Gasteiger partial charge in [0.1, 0.15) is 5.75 Å². The minimum atomic E-state index is -0.0144. The fraction of sp³-hybridized carbons (Fsp3) is 0.250.